The number of thiocarbonyl (C=S) groups is 1. The summed E-state index contributed by atoms with van der Waals surface area (Å²) in [5.41, 5.74) is -2.23. The number of hydrogen-bond acceptors (Lipinski definition) is 11. The number of carbonyl (C=O) groups excluding carboxylic acids is 3. The zero-order valence-corrected chi connectivity index (χ0v) is 28.6. The number of carbonyl (C=O) groups is 3. The van der Waals surface area contributed by atoms with Crippen LogP contribution in [0.4, 0.5) is 43.4 Å². The van der Waals surface area contributed by atoms with Gasteiger partial charge in [-0.15, -0.1) is 0 Å². The van der Waals surface area contributed by atoms with Crippen LogP contribution in [0.3, 0.4) is 0 Å². The van der Waals surface area contributed by atoms with E-state index in [4.69, 9.17) is 18.0 Å². The molecule has 3 aliphatic rings. The van der Waals surface area contributed by atoms with Crippen LogP contribution >= 0.6 is 12.2 Å². The van der Waals surface area contributed by atoms with Gasteiger partial charge in [-0.05, 0) is 62.7 Å². The molecule has 19 heteroatoms. The predicted molar refractivity (Wildman–Crippen MR) is 180 cm³/mol. The summed E-state index contributed by atoms with van der Waals surface area (Å²) in [5.74, 6) is -8.33. The highest BCUT2D eigenvalue weighted by molar-refractivity contribution is 7.80. The molecule has 1 amide bonds. The summed E-state index contributed by atoms with van der Waals surface area (Å²) in [7, 11) is 6.20. The van der Waals surface area contributed by atoms with Gasteiger partial charge < -0.3 is 41.7 Å². The van der Waals surface area contributed by atoms with Crippen molar-refractivity contribution in [1.29, 1.82) is 0 Å². The van der Waals surface area contributed by atoms with Crippen molar-refractivity contribution < 1.29 is 61.2 Å². The fraction of sp³-hybridized carbons (Fsp3) is 0.394. The Bertz CT molecular complexity index is 1940. The summed E-state index contributed by atoms with van der Waals surface area (Å²) in [6.45, 7) is -0.511. The third kappa shape index (κ3) is 6.29. The van der Waals surface area contributed by atoms with E-state index in [1.54, 1.807) is 19.0 Å². The van der Waals surface area contributed by atoms with E-state index in [0.717, 1.165) is 0 Å². The molecular weight excluding hydrogens is 724 g/mol. The van der Waals surface area contributed by atoms with Gasteiger partial charge in [-0.25, -0.2) is 0 Å². The minimum absolute atomic E-state index is 0.0149. The summed E-state index contributed by atoms with van der Waals surface area (Å²) in [4.78, 5) is 42.4. The van der Waals surface area contributed by atoms with E-state index >= 15 is 0 Å². The van der Waals surface area contributed by atoms with E-state index in [-0.39, 0.29) is 35.1 Å². The third-order valence-corrected chi connectivity index (χ3v) is 9.74. The molecule has 0 heterocycles. The summed E-state index contributed by atoms with van der Waals surface area (Å²) < 4.78 is 80.0. The smallest absolute Gasteiger partial charge is 0.416 e. The Morgan fingerprint density at radius 1 is 1.00 bits per heavy atom. The lowest BCUT2D eigenvalue weighted by atomic mass is 9.57. The number of amides is 1. The van der Waals surface area contributed by atoms with Gasteiger partial charge in [0.15, 0.2) is 11.4 Å². The average molecular weight is 758 g/mol. The number of halogens is 6. The summed E-state index contributed by atoms with van der Waals surface area (Å²) >= 11 is 5.27. The van der Waals surface area contributed by atoms with Crippen LogP contribution in [-0.4, -0.2) is 94.2 Å². The predicted octanol–water partition coefficient (Wildman–Crippen LogP) is 3.92. The number of likely N-dealkylation sites (N-methyl/N-ethyl adjacent to an activating group) is 1. The first-order valence-electron chi connectivity index (χ1n) is 15.4. The molecule has 4 atom stereocenters. The van der Waals surface area contributed by atoms with Crippen molar-refractivity contribution in [3.8, 4) is 5.75 Å². The molecule has 1 fully saturated rings. The highest BCUT2D eigenvalue weighted by atomic mass is 32.1. The van der Waals surface area contributed by atoms with Crippen LogP contribution in [0.25, 0.3) is 5.76 Å². The number of alkyl halides is 6. The number of nitrogens with two attached hydrogens (primary N) is 1. The van der Waals surface area contributed by atoms with Gasteiger partial charge in [0.2, 0.25) is 5.78 Å². The number of aliphatic hydroxyl groups is 3. The standard InChI is InChI=1S/C33H33F6N5O7S/c1-43(2)19-10-18(42-20(52)11-41-15-8-13(32(34,35)36)7-14(9-15)33(37,38)39)25(45)22-16(19)5-12-6-17-24(44(3)4)27(47)23(30(40)50)29(49)31(17,51)28(48)21(12)26(22)46/h7-10,12,17,24,41,45-46,49,51H,5-6,11H2,1-4H3,(H2,40,50)(H,42,52)/t12-,17-,24-,31-/m0/s1. The first-order valence-corrected chi connectivity index (χ1v) is 15.9. The number of aliphatic hydroxyl groups excluding tert-OH is 2. The number of nitrogens with zero attached hydrogens (tertiary/aromatic N) is 2. The molecule has 52 heavy (non-hydrogen) atoms. The number of nitrogens with one attached hydrogen (secondary N) is 2. The second-order valence-corrected chi connectivity index (χ2v) is 13.7. The van der Waals surface area contributed by atoms with Crippen LogP contribution in [-0.2, 0) is 33.2 Å². The van der Waals surface area contributed by atoms with Gasteiger partial charge in [0.1, 0.15) is 22.8 Å². The number of fused-ring (bicyclic) bond motifs is 3. The number of anilines is 3. The molecule has 3 aliphatic carbocycles. The van der Waals surface area contributed by atoms with Crippen molar-refractivity contribution in [1.82, 2.24) is 4.90 Å². The molecule has 0 spiro atoms. The molecule has 0 saturated heterocycles. The number of rotatable bonds is 7. The van der Waals surface area contributed by atoms with Crippen LogP contribution in [0.5, 0.6) is 5.75 Å². The fourth-order valence-electron chi connectivity index (χ4n) is 7.22. The Labute approximate surface area is 297 Å². The maximum atomic E-state index is 14.2. The van der Waals surface area contributed by atoms with Crippen molar-refractivity contribution in [2.45, 2.75) is 36.8 Å². The second-order valence-electron chi connectivity index (χ2n) is 13.2. The Balaban J connectivity index is 1.54. The van der Waals surface area contributed by atoms with E-state index in [0.29, 0.717) is 23.4 Å². The molecule has 2 aromatic rings. The Kier molecular flexibility index (Phi) is 9.56. The normalized spacial score (nSPS) is 23.3. The fourth-order valence-corrected chi connectivity index (χ4v) is 7.40. The minimum atomic E-state index is -5.08. The zero-order chi connectivity index (χ0) is 39.0. The summed E-state index contributed by atoms with van der Waals surface area (Å²) in [6, 6.07) is 1.07. The molecule has 1 saturated carbocycles. The van der Waals surface area contributed by atoms with Crippen LogP contribution in [0.15, 0.2) is 41.2 Å². The molecule has 0 aliphatic heterocycles. The van der Waals surface area contributed by atoms with Gasteiger partial charge in [-0.3, -0.25) is 19.3 Å². The van der Waals surface area contributed by atoms with Gasteiger partial charge in [-0.2, -0.15) is 26.3 Å². The molecule has 0 unspecified atom stereocenters. The minimum Gasteiger partial charge on any atom is -0.508 e. The van der Waals surface area contributed by atoms with Crippen molar-refractivity contribution in [3.63, 3.8) is 0 Å². The van der Waals surface area contributed by atoms with E-state index in [1.165, 1.54) is 25.1 Å². The number of ketones is 2. The number of benzene rings is 2. The monoisotopic (exact) mass is 757 g/mol. The van der Waals surface area contributed by atoms with Crippen molar-refractivity contribution in [2.24, 2.45) is 17.6 Å². The highest BCUT2D eigenvalue weighted by Crippen LogP contribution is 2.54. The quantitative estimate of drug-likeness (QED) is 0.0936. The zero-order valence-electron chi connectivity index (χ0n) is 27.8. The van der Waals surface area contributed by atoms with Crippen LogP contribution in [0.2, 0.25) is 0 Å². The van der Waals surface area contributed by atoms with Gasteiger partial charge in [0.05, 0.1) is 40.0 Å². The molecule has 0 aromatic heterocycles. The Morgan fingerprint density at radius 2 is 1.58 bits per heavy atom. The largest absolute Gasteiger partial charge is 0.508 e. The number of Topliss-reactive ketones (excluding diaryl/α,β-unsaturated/α-hetero) is 2. The lowest BCUT2D eigenvalue weighted by Gasteiger charge is -2.50. The van der Waals surface area contributed by atoms with Crippen LogP contribution < -0.4 is 21.3 Å². The van der Waals surface area contributed by atoms with E-state index in [2.05, 4.69) is 10.6 Å². The lowest BCUT2D eigenvalue weighted by Crippen LogP contribution is -2.65. The van der Waals surface area contributed by atoms with E-state index in [9.17, 15) is 61.2 Å². The maximum absolute atomic E-state index is 14.2. The molecule has 12 nitrogen and oxygen atoms in total. The molecular formula is C33H33F6N5O7S. The number of primary amides is 1. The maximum Gasteiger partial charge on any atom is 0.416 e. The highest BCUT2D eigenvalue weighted by Gasteiger charge is 2.64. The first kappa shape index (κ1) is 38.4. The van der Waals surface area contributed by atoms with Gasteiger partial charge in [0, 0.05) is 37.0 Å². The molecule has 280 valence electrons. The second kappa shape index (κ2) is 13.0. The molecule has 2 aromatic carbocycles. The van der Waals surface area contributed by atoms with Gasteiger partial charge in [0.25, 0.3) is 5.91 Å². The number of phenols is 1. The molecule has 5 rings (SSSR count). The first-order chi connectivity index (χ1) is 23.9. The van der Waals surface area contributed by atoms with Gasteiger partial charge >= 0.3 is 12.4 Å². The molecule has 8 N–H and O–H groups in total. The molecule has 0 bridgehead atoms. The topological polar surface area (TPSA) is 189 Å². The number of aromatic hydroxyl groups is 1. The van der Waals surface area contributed by atoms with Crippen molar-refractivity contribution in [2.75, 3.05) is 50.3 Å². The number of hydrogen-bond donors (Lipinski definition) is 7. The van der Waals surface area contributed by atoms with Crippen LogP contribution in [0.1, 0.15) is 28.7 Å². The summed E-state index contributed by atoms with van der Waals surface area (Å²) in [5, 5.41) is 51.0. The number of phenolic OH excluding ortho intramolecular Hbond substituents is 1. The van der Waals surface area contributed by atoms with E-state index in [1.807, 2.05) is 0 Å². The Morgan fingerprint density at radius 3 is 2.08 bits per heavy atom. The van der Waals surface area contributed by atoms with Gasteiger partial charge in [-0.1, -0.05) is 12.2 Å². The molecule has 0 radical (unpaired) electrons. The lowest BCUT2D eigenvalue weighted by molar-refractivity contribution is -0.153. The third-order valence-electron chi connectivity index (χ3n) is 9.49. The SMILES string of the molecule is CN(C)c1cc(NC(=S)CNc2cc(C(F)(F)F)cc(C(F)(F)F)c2)c(O)c2c1C[C@H]1C[C@H]3[C@H](N(C)C)C(=O)C(C(N)=O)=C(O)[C@@]3(O)C(=O)C1=C2O. The van der Waals surface area contributed by atoms with Crippen molar-refractivity contribution >= 4 is 57.5 Å². The summed E-state index contributed by atoms with van der Waals surface area (Å²) in [6.07, 6.45) is -10.3. The van der Waals surface area contributed by atoms with Crippen LogP contribution in [0, 0.1) is 11.8 Å². The van der Waals surface area contributed by atoms with E-state index < -0.39 is 105 Å². The average Bonchev–Trinajstić information content (AvgIpc) is 3.01. The van der Waals surface area contributed by atoms with Crippen molar-refractivity contribution in [3.05, 3.63) is 63.4 Å². The Hall–Kier alpha value is -4.88.